The second kappa shape index (κ2) is 6.91. The summed E-state index contributed by atoms with van der Waals surface area (Å²) in [5, 5.41) is 10.2. The summed E-state index contributed by atoms with van der Waals surface area (Å²) in [4.78, 5) is 9.06. The molecule has 7 nitrogen and oxygen atoms in total. The van der Waals surface area contributed by atoms with Gasteiger partial charge in [-0.15, -0.1) is 0 Å². The van der Waals surface area contributed by atoms with Crippen LogP contribution in [0.2, 0.25) is 0 Å². The van der Waals surface area contributed by atoms with E-state index in [4.69, 9.17) is 9.47 Å². The predicted octanol–water partition coefficient (Wildman–Crippen LogP) is 3.92. The molecule has 2 heterocycles. The van der Waals surface area contributed by atoms with Crippen LogP contribution in [0.15, 0.2) is 48.7 Å². The van der Waals surface area contributed by atoms with Crippen LogP contribution in [-0.4, -0.2) is 34.4 Å². The average Bonchev–Trinajstić information content (AvgIpc) is 3.17. The van der Waals surface area contributed by atoms with Gasteiger partial charge in [-0.25, -0.2) is 14.4 Å². The van der Waals surface area contributed by atoms with Gasteiger partial charge in [0.1, 0.15) is 16.9 Å². The number of benzene rings is 2. The third kappa shape index (κ3) is 3.24. The maximum atomic E-state index is 13.2. The zero-order chi connectivity index (χ0) is 18.8. The van der Waals surface area contributed by atoms with Gasteiger partial charge >= 0.3 is 0 Å². The number of hydrogen-bond acceptors (Lipinski definition) is 6. The van der Waals surface area contributed by atoms with E-state index in [1.165, 1.54) is 12.1 Å². The molecule has 0 radical (unpaired) electrons. The Bertz CT molecular complexity index is 1100. The first-order valence-corrected chi connectivity index (χ1v) is 8.14. The van der Waals surface area contributed by atoms with Crippen LogP contribution in [0.3, 0.4) is 0 Å². The van der Waals surface area contributed by atoms with Gasteiger partial charge in [0.2, 0.25) is 0 Å². The molecule has 2 aromatic carbocycles. The predicted molar refractivity (Wildman–Crippen MR) is 99.9 cm³/mol. The van der Waals surface area contributed by atoms with Crippen LogP contribution in [-0.2, 0) is 0 Å². The highest BCUT2D eigenvalue weighted by Crippen LogP contribution is 2.32. The highest BCUT2D eigenvalue weighted by molar-refractivity contribution is 5.88. The smallest absolute Gasteiger partial charge is 0.162 e. The Balaban J connectivity index is 1.77. The largest absolute Gasteiger partial charge is 0.493 e. The molecule has 0 saturated heterocycles. The Morgan fingerprint density at radius 3 is 2.48 bits per heavy atom. The van der Waals surface area contributed by atoms with Crippen molar-refractivity contribution in [2.45, 2.75) is 0 Å². The number of fused-ring (bicyclic) bond motifs is 1. The van der Waals surface area contributed by atoms with Crippen LogP contribution < -0.4 is 14.8 Å². The summed E-state index contributed by atoms with van der Waals surface area (Å²) in [6, 6.07) is 11.5. The molecule has 0 fully saturated rings. The highest BCUT2D eigenvalue weighted by atomic mass is 19.1. The summed E-state index contributed by atoms with van der Waals surface area (Å²) in [7, 11) is 3.16. The molecular weight excluding hydrogens is 349 g/mol. The van der Waals surface area contributed by atoms with E-state index in [0.29, 0.717) is 39.7 Å². The van der Waals surface area contributed by atoms with Crippen molar-refractivity contribution in [3.05, 3.63) is 54.5 Å². The van der Waals surface area contributed by atoms with E-state index >= 15 is 0 Å². The molecule has 2 aromatic heterocycles. The first-order chi connectivity index (χ1) is 13.2. The van der Waals surface area contributed by atoms with Gasteiger partial charge in [0.15, 0.2) is 23.1 Å². The fourth-order valence-electron chi connectivity index (χ4n) is 2.71. The average molecular weight is 365 g/mol. The minimum absolute atomic E-state index is 0.313. The normalized spacial score (nSPS) is 10.8. The quantitative estimate of drug-likeness (QED) is 0.558. The van der Waals surface area contributed by atoms with Crippen LogP contribution in [0, 0.1) is 5.82 Å². The van der Waals surface area contributed by atoms with E-state index in [2.05, 4.69) is 25.5 Å². The van der Waals surface area contributed by atoms with E-state index in [0.717, 1.165) is 5.69 Å². The van der Waals surface area contributed by atoms with E-state index in [-0.39, 0.29) is 5.82 Å². The van der Waals surface area contributed by atoms with Crippen LogP contribution in [0.5, 0.6) is 11.5 Å². The van der Waals surface area contributed by atoms with Crippen molar-refractivity contribution in [3.8, 4) is 22.9 Å². The second-order valence-corrected chi connectivity index (χ2v) is 5.73. The Morgan fingerprint density at radius 1 is 0.963 bits per heavy atom. The van der Waals surface area contributed by atoms with Crippen LogP contribution in [0.4, 0.5) is 15.9 Å². The summed E-state index contributed by atoms with van der Waals surface area (Å²) < 4.78 is 23.8. The first-order valence-electron chi connectivity index (χ1n) is 8.14. The number of aromatic nitrogens is 4. The van der Waals surface area contributed by atoms with Crippen LogP contribution >= 0.6 is 0 Å². The summed E-state index contributed by atoms with van der Waals surface area (Å²) in [6.07, 6.45) is 1.61. The van der Waals surface area contributed by atoms with Gasteiger partial charge in [0.25, 0.3) is 0 Å². The van der Waals surface area contributed by atoms with Gasteiger partial charge in [0.05, 0.1) is 20.4 Å². The molecule has 8 heteroatoms. The lowest BCUT2D eigenvalue weighted by Crippen LogP contribution is -2.00. The summed E-state index contributed by atoms with van der Waals surface area (Å²) >= 11 is 0. The SMILES string of the molecule is COc1ccc(Nc2nc(-c3ccc(F)cc3)nc3cn[nH]c23)cc1OC. The van der Waals surface area contributed by atoms with Crippen molar-refractivity contribution in [2.75, 3.05) is 19.5 Å². The fraction of sp³-hybridized carbons (Fsp3) is 0.105. The van der Waals surface area contributed by atoms with Gasteiger partial charge in [-0.1, -0.05) is 0 Å². The molecule has 0 atom stereocenters. The Labute approximate surface area is 154 Å². The van der Waals surface area contributed by atoms with Crippen molar-refractivity contribution < 1.29 is 13.9 Å². The number of methoxy groups -OCH3 is 2. The lowest BCUT2D eigenvalue weighted by molar-refractivity contribution is 0.355. The van der Waals surface area contributed by atoms with Crippen molar-refractivity contribution in [3.63, 3.8) is 0 Å². The number of halogens is 1. The molecule has 27 heavy (non-hydrogen) atoms. The Hall–Kier alpha value is -3.68. The van der Waals surface area contributed by atoms with Gasteiger partial charge in [-0.3, -0.25) is 5.10 Å². The molecule has 0 aliphatic carbocycles. The molecule has 0 unspecified atom stereocenters. The standard InChI is InChI=1S/C19H16FN5O2/c1-26-15-8-7-13(9-16(15)27-2)22-19-17-14(10-21-25-17)23-18(24-19)11-3-5-12(20)6-4-11/h3-10H,1-2H3,(H,21,25)(H,22,23,24). The number of H-pyrrole nitrogens is 1. The monoisotopic (exact) mass is 365 g/mol. The number of nitrogens with zero attached hydrogens (tertiary/aromatic N) is 3. The van der Waals surface area contributed by atoms with Gasteiger partial charge in [-0.2, -0.15) is 5.10 Å². The Kier molecular flexibility index (Phi) is 4.29. The maximum Gasteiger partial charge on any atom is 0.162 e. The summed E-state index contributed by atoms with van der Waals surface area (Å²) in [5.41, 5.74) is 2.77. The highest BCUT2D eigenvalue weighted by Gasteiger charge is 2.13. The van der Waals surface area contributed by atoms with Gasteiger partial charge in [0, 0.05) is 17.3 Å². The number of anilines is 2. The third-order valence-electron chi connectivity index (χ3n) is 4.05. The topological polar surface area (TPSA) is 85.0 Å². The molecule has 0 bridgehead atoms. The minimum Gasteiger partial charge on any atom is -0.493 e. The number of ether oxygens (including phenoxy) is 2. The molecule has 0 saturated carbocycles. The zero-order valence-corrected chi connectivity index (χ0v) is 14.7. The number of aromatic amines is 1. The van der Waals surface area contributed by atoms with Crippen molar-refractivity contribution in [2.24, 2.45) is 0 Å². The molecule has 4 rings (SSSR count). The summed E-state index contributed by atoms with van der Waals surface area (Å²) in [6.45, 7) is 0. The van der Waals surface area contributed by atoms with E-state index in [9.17, 15) is 4.39 Å². The third-order valence-corrected chi connectivity index (χ3v) is 4.05. The lowest BCUT2D eigenvalue weighted by atomic mass is 10.2. The molecule has 0 amide bonds. The van der Waals surface area contributed by atoms with Crippen molar-refractivity contribution in [1.82, 2.24) is 20.2 Å². The van der Waals surface area contributed by atoms with Gasteiger partial charge in [-0.05, 0) is 36.4 Å². The molecule has 4 aromatic rings. The fourth-order valence-corrected chi connectivity index (χ4v) is 2.71. The van der Waals surface area contributed by atoms with E-state index < -0.39 is 0 Å². The maximum absolute atomic E-state index is 13.2. The van der Waals surface area contributed by atoms with Crippen LogP contribution in [0.25, 0.3) is 22.4 Å². The molecule has 0 spiro atoms. The van der Waals surface area contributed by atoms with Crippen molar-refractivity contribution >= 4 is 22.5 Å². The van der Waals surface area contributed by atoms with Gasteiger partial charge < -0.3 is 14.8 Å². The minimum atomic E-state index is -0.313. The molecule has 0 aliphatic heterocycles. The summed E-state index contributed by atoms with van der Waals surface area (Å²) in [5.74, 6) is 1.92. The molecule has 0 aliphatic rings. The lowest BCUT2D eigenvalue weighted by Gasteiger charge is -2.12. The Morgan fingerprint density at radius 2 is 1.74 bits per heavy atom. The van der Waals surface area contributed by atoms with Crippen molar-refractivity contribution in [1.29, 1.82) is 0 Å². The first kappa shape index (κ1) is 16.8. The molecule has 2 N–H and O–H groups in total. The van der Waals surface area contributed by atoms with Crippen LogP contribution in [0.1, 0.15) is 0 Å². The van der Waals surface area contributed by atoms with E-state index in [1.54, 1.807) is 44.7 Å². The number of hydrogen-bond donors (Lipinski definition) is 2. The number of rotatable bonds is 5. The number of nitrogens with one attached hydrogen (secondary N) is 2. The zero-order valence-electron chi connectivity index (χ0n) is 14.7. The molecule has 136 valence electrons. The van der Waals surface area contributed by atoms with E-state index in [1.807, 2.05) is 6.07 Å². The second-order valence-electron chi connectivity index (χ2n) is 5.73. The molecular formula is C19H16FN5O2.